The summed E-state index contributed by atoms with van der Waals surface area (Å²) in [6.45, 7) is 0.468. The Kier molecular flexibility index (Phi) is 4.32. The monoisotopic (exact) mass is 320 g/mol. The van der Waals surface area contributed by atoms with E-state index in [0.29, 0.717) is 6.61 Å². The first-order chi connectivity index (χ1) is 9.06. The first-order valence-corrected chi connectivity index (χ1v) is 6.79. The number of nitrogens with two attached hydrogens (primary N) is 1. The number of ether oxygens (including phenoxy) is 1. The van der Waals surface area contributed by atoms with Gasteiger partial charge in [0, 0.05) is 41.6 Å². The summed E-state index contributed by atoms with van der Waals surface area (Å²) in [7, 11) is 4.01. The van der Waals surface area contributed by atoms with Crippen molar-refractivity contribution >= 4 is 27.3 Å². The minimum absolute atomic E-state index is 0.468. The van der Waals surface area contributed by atoms with Crippen molar-refractivity contribution in [3.63, 3.8) is 0 Å². The van der Waals surface area contributed by atoms with Crippen LogP contribution in [0.25, 0.3) is 0 Å². The fourth-order valence-corrected chi connectivity index (χ4v) is 2.09. The maximum Gasteiger partial charge on any atom is 0.121 e. The molecule has 0 saturated carbocycles. The van der Waals surface area contributed by atoms with E-state index in [2.05, 4.69) is 15.9 Å². The highest BCUT2D eigenvalue weighted by molar-refractivity contribution is 9.10. The summed E-state index contributed by atoms with van der Waals surface area (Å²) in [5, 5.41) is 0. The molecule has 2 N–H and O–H groups in total. The molecule has 0 aromatic heterocycles. The number of anilines is 2. The van der Waals surface area contributed by atoms with Gasteiger partial charge in [-0.3, -0.25) is 0 Å². The average molecular weight is 321 g/mol. The van der Waals surface area contributed by atoms with Gasteiger partial charge in [0.2, 0.25) is 0 Å². The van der Waals surface area contributed by atoms with Gasteiger partial charge < -0.3 is 15.4 Å². The lowest BCUT2D eigenvalue weighted by atomic mass is 10.2. The molecule has 100 valence electrons. The van der Waals surface area contributed by atoms with Crippen LogP contribution in [0.3, 0.4) is 0 Å². The molecule has 0 atom stereocenters. The van der Waals surface area contributed by atoms with Crippen LogP contribution < -0.4 is 15.4 Å². The summed E-state index contributed by atoms with van der Waals surface area (Å²) in [5.74, 6) is 0.841. The Bertz CT molecular complexity index is 570. The van der Waals surface area contributed by atoms with Crippen LogP contribution in [0.1, 0.15) is 5.56 Å². The van der Waals surface area contributed by atoms with E-state index in [-0.39, 0.29) is 0 Å². The first kappa shape index (κ1) is 13.7. The van der Waals surface area contributed by atoms with Gasteiger partial charge in [0.15, 0.2) is 0 Å². The maximum absolute atomic E-state index is 5.95. The summed E-state index contributed by atoms with van der Waals surface area (Å²) in [4.78, 5) is 2.04. The van der Waals surface area contributed by atoms with Crippen LogP contribution in [0.2, 0.25) is 0 Å². The average Bonchev–Trinajstić information content (AvgIpc) is 2.38. The van der Waals surface area contributed by atoms with E-state index in [9.17, 15) is 0 Å². The van der Waals surface area contributed by atoms with Crippen molar-refractivity contribution < 1.29 is 4.74 Å². The van der Waals surface area contributed by atoms with E-state index >= 15 is 0 Å². The molecule has 0 heterocycles. The zero-order chi connectivity index (χ0) is 13.8. The molecule has 4 heteroatoms. The third-order valence-corrected chi connectivity index (χ3v) is 3.33. The number of nitrogen functional groups attached to an aromatic ring is 1. The molecular weight excluding hydrogens is 304 g/mol. The van der Waals surface area contributed by atoms with Crippen LogP contribution in [-0.4, -0.2) is 14.1 Å². The van der Waals surface area contributed by atoms with Crippen LogP contribution in [0.15, 0.2) is 46.9 Å². The molecule has 2 rings (SSSR count). The largest absolute Gasteiger partial charge is 0.489 e. The molecule has 2 aromatic rings. The number of rotatable bonds is 4. The Morgan fingerprint density at radius 2 is 1.95 bits per heavy atom. The molecule has 0 bridgehead atoms. The van der Waals surface area contributed by atoms with Crippen molar-refractivity contribution in [2.45, 2.75) is 6.61 Å². The lowest BCUT2D eigenvalue weighted by molar-refractivity contribution is 0.307. The fraction of sp³-hybridized carbons (Fsp3) is 0.200. The van der Waals surface area contributed by atoms with Crippen molar-refractivity contribution in [1.82, 2.24) is 0 Å². The lowest BCUT2D eigenvalue weighted by Gasteiger charge is -2.14. The Balaban J connectivity index is 2.08. The van der Waals surface area contributed by atoms with Gasteiger partial charge in [0.25, 0.3) is 0 Å². The van der Waals surface area contributed by atoms with Crippen molar-refractivity contribution in [2.24, 2.45) is 0 Å². The van der Waals surface area contributed by atoms with Crippen molar-refractivity contribution in [1.29, 1.82) is 0 Å². The molecule has 0 aliphatic carbocycles. The Morgan fingerprint density at radius 1 is 1.16 bits per heavy atom. The van der Waals surface area contributed by atoms with E-state index in [1.807, 2.05) is 61.5 Å². The first-order valence-electron chi connectivity index (χ1n) is 6.00. The zero-order valence-corrected chi connectivity index (χ0v) is 12.6. The summed E-state index contributed by atoms with van der Waals surface area (Å²) in [5.41, 5.74) is 8.78. The third-order valence-electron chi connectivity index (χ3n) is 2.84. The fourth-order valence-electron chi connectivity index (χ4n) is 1.71. The molecule has 3 nitrogen and oxygen atoms in total. The molecule has 0 fully saturated rings. The third kappa shape index (κ3) is 3.64. The van der Waals surface area contributed by atoms with Crippen molar-refractivity contribution in [3.8, 4) is 5.75 Å². The lowest BCUT2D eigenvalue weighted by Crippen LogP contribution is -2.08. The Hall–Kier alpha value is -1.68. The molecule has 0 unspecified atom stereocenters. The molecular formula is C15H17BrN2O. The number of nitrogens with zero attached hydrogens (tertiary/aromatic N) is 1. The van der Waals surface area contributed by atoms with Crippen LogP contribution >= 0.6 is 15.9 Å². The van der Waals surface area contributed by atoms with Crippen LogP contribution in [0.4, 0.5) is 11.4 Å². The quantitative estimate of drug-likeness (QED) is 0.873. The molecule has 0 saturated heterocycles. The molecule has 0 radical (unpaired) electrons. The Morgan fingerprint density at radius 3 is 2.63 bits per heavy atom. The van der Waals surface area contributed by atoms with E-state index in [0.717, 1.165) is 27.2 Å². The number of halogens is 1. The summed E-state index contributed by atoms with van der Waals surface area (Å²) in [6.07, 6.45) is 0. The van der Waals surface area contributed by atoms with E-state index < -0.39 is 0 Å². The second-order valence-corrected chi connectivity index (χ2v) is 5.44. The summed E-state index contributed by atoms with van der Waals surface area (Å²) in [6, 6.07) is 13.8. The predicted octanol–water partition coefficient (Wildman–Crippen LogP) is 3.68. The second-order valence-electron chi connectivity index (χ2n) is 4.52. The smallest absolute Gasteiger partial charge is 0.121 e. The number of hydrogen-bond donors (Lipinski definition) is 1. The molecule has 0 aliphatic heterocycles. The highest BCUT2D eigenvalue weighted by Gasteiger charge is 2.03. The predicted molar refractivity (Wildman–Crippen MR) is 83.7 cm³/mol. The van der Waals surface area contributed by atoms with Gasteiger partial charge in [0.05, 0.1) is 0 Å². The SMILES string of the molecule is CN(C)c1cccc(OCc2ccc(Br)cc2N)c1. The van der Waals surface area contributed by atoms with Gasteiger partial charge in [-0.15, -0.1) is 0 Å². The van der Waals surface area contributed by atoms with Gasteiger partial charge in [0.1, 0.15) is 12.4 Å². The van der Waals surface area contributed by atoms with Gasteiger partial charge in [-0.05, 0) is 24.3 Å². The molecule has 19 heavy (non-hydrogen) atoms. The molecule has 2 aromatic carbocycles. The standard InChI is InChI=1S/C15H17BrN2O/c1-18(2)13-4-3-5-14(9-13)19-10-11-6-7-12(16)8-15(11)17/h3-9H,10,17H2,1-2H3. The Labute approximate surface area is 122 Å². The molecule has 0 amide bonds. The van der Waals surface area contributed by atoms with Gasteiger partial charge in [-0.2, -0.15) is 0 Å². The van der Waals surface area contributed by atoms with Crippen LogP contribution in [-0.2, 0) is 6.61 Å². The highest BCUT2D eigenvalue weighted by atomic mass is 79.9. The highest BCUT2D eigenvalue weighted by Crippen LogP contribution is 2.23. The maximum atomic E-state index is 5.95. The normalized spacial score (nSPS) is 10.3. The minimum atomic E-state index is 0.468. The summed E-state index contributed by atoms with van der Waals surface area (Å²) < 4.78 is 6.76. The summed E-state index contributed by atoms with van der Waals surface area (Å²) >= 11 is 3.39. The molecule has 0 spiro atoms. The van der Waals surface area contributed by atoms with E-state index in [1.165, 1.54) is 0 Å². The van der Waals surface area contributed by atoms with Gasteiger partial charge >= 0.3 is 0 Å². The minimum Gasteiger partial charge on any atom is -0.489 e. The van der Waals surface area contributed by atoms with Crippen LogP contribution in [0.5, 0.6) is 5.75 Å². The van der Waals surface area contributed by atoms with Crippen molar-refractivity contribution in [3.05, 3.63) is 52.5 Å². The number of benzene rings is 2. The zero-order valence-electron chi connectivity index (χ0n) is 11.1. The molecule has 0 aliphatic rings. The van der Waals surface area contributed by atoms with Gasteiger partial charge in [-0.25, -0.2) is 0 Å². The second kappa shape index (κ2) is 5.97. The van der Waals surface area contributed by atoms with E-state index in [1.54, 1.807) is 0 Å². The van der Waals surface area contributed by atoms with Gasteiger partial charge in [-0.1, -0.05) is 28.1 Å². The van der Waals surface area contributed by atoms with E-state index in [4.69, 9.17) is 10.5 Å². The van der Waals surface area contributed by atoms with Crippen molar-refractivity contribution in [2.75, 3.05) is 24.7 Å². The number of hydrogen-bond acceptors (Lipinski definition) is 3. The topological polar surface area (TPSA) is 38.5 Å². The van der Waals surface area contributed by atoms with Crippen LogP contribution in [0, 0.1) is 0 Å².